The first-order chi connectivity index (χ1) is 22.9. The molecule has 5 aromatic carbocycles. The lowest BCUT2D eigenvalue weighted by atomic mass is 10.0. The number of nitrogens with one attached hydrogen (secondary N) is 3. The molecule has 0 aliphatic rings. The third-order valence-electron chi connectivity index (χ3n) is 7.25. The van der Waals surface area contributed by atoms with Gasteiger partial charge >= 0.3 is 0 Å². The molecule has 0 aliphatic heterocycles. The number of rotatable bonds is 12. The van der Waals surface area contributed by atoms with Crippen LogP contribution in [-0.4, -0.2) is 30.1 Å². The van der Waals surface area contributed by atoms with Gasteiger partial charge in [-0.25, -0.2) is 0 Å². The third kappa shape index (κ3) is 9.22. The summed E-state index contributed by atoms with van der Waals surface area (Å²) < 4.78 is 5.19. The number of methoxy groups -OCH3 is 1. The van der Waals surface area contributed by atoms with Crippen LogP contribution in [0.25, 0.3) is 17.2 Å². The van der Waals surface area contributed by atoms with Crippen LogP contribution in [0.2, 0.25) is 0 Å². The van der Waals surface area contributed by atoms with Gasteiger partial charge < -0.3 is 20.7 Å². The van der Waals surface area contributed by atoms with E-state index in [0.29, 0.717) is 29.1 Å². The molecule has 47 heavy (non-hydrogen) atoms. The maximum Gasteiger partial charge on any atom is 0.272 e. The molecule has 0 radical (unpaired) electrons. The van der Waals surface area contributed by atoms with E-state index in [1.54, 1.807) is 67.8 Å². The average molecular weight is 642 g/mol. The number of benzene rings is 5. The fraction of sp³-hybridized carbons (Fsp3) is 0.103. The zero-order chi connectivity index (χ0) is 33.0. The lowest BCUT2D eigenvalue weighted by Crippen LogP contribution is -2.30. The van der Waals surface area contributed by atoms with Gasteiger partial charge in [0.15, 0.2) is 0 Å². The number of carbonyl (C=O) groups excluding carboxylic acids is 3. The van der Waals surface area contributed by atoms with Crippen molar-refractivity contribution >= 4 is 46.9 Å². The number of ether oxygens (including phenoxy) is 1. The molecule has 3 N–H and O–H groups in total. The smallest absolute Gasteiger partial charge is 0.272 e. The molecule has 7 nitrogen and oxygen atoms in total. The van der Waals surface area contributed by atoms with Crippen molar-refractivity contribution in [2.75, 3.05) is 17.7 Å². The van der Waals surface area contributed by atoms with E-state index in [1.807, 2.05) is 85.8 Å². The summed E-state index contributed by atoms with van der Waals surface area (Å²) in [5.41, 5.74) is 4.62. The van der Waals surface area contributed by atoms with Gasteiger partial charge in [-0.1, -0.05) is 85.8 Å². The van der Waals surface area contributed by atoms with Gasteiger partial charge in [0.05, 0.1) is 12.4 Å². The normalized spacial score (nSPS) is 11.7. The van der Waals surface area contributed by atoms with E-state index < -0.39 is 11.8 Å². The van der Waals surface area contributed by atoms with Crippen molar-refractivity contribution in [3.05, 3.63) is 150 Å². The van der Waals surface area contributed by atoms with Gasteiger partial charge in [0, 0.05) is 21.8 Å². The highest BCUT2D eigenvalue weighted by molar-refractivity contribution is 8.00. The summed E-state index contributed by atoms with van der Waals surface area (Å²) in [6.45, 7) is 1.95. The maximum absolute atomic E-state index is 13.6. The molecule has 1 atom stereocenters. The Morgan fingerprint density at radius 3 is 2.04 bits per heavy atom. The summed E-state index contributed by atoms with van der Waals surface area (Å²) in [6, 6.07) is 41.0. The quantitative estimate of drug-likeness (QED) is 0.0941. The van der Waals surface area contributed by atoms with E-state index in [0.717, 1.165) is 21.6 Å². The van der Waals surface area contributed by atoms with Crippen molar-refractivity contribution in [3.63, 3.8) is 0 Å². The molecular weight excluding hydrogens is 607 g/mol. The van der Waals surface area contributed by atoms with Crippen molar-refractivity contribution < 1.29 is 19.1 Å². The molecule has 0 bridgehead atoms. The van der Waals surface area contributed by atoms with E-state index in [-0.39, 0.29) is 16.9 Å². The molecular formula is C39H35N3O4S. The molecule has 0 spiro atoms. The summed E-state index contributed by atoms with van der Waals surface area (Å²) in [4.78, 5) is 40.6. The predicted molar refractivity (Wildman–Crippen MR) is 190 cm³/mol. The van der Waals surface area contributed by atoms with E-state index in [2.05, 4.69) is 16.0 Å². The van der Waals surface area contributed by atoms with Crippen LogP contribution >= 0.6 is 11.8 Å². The Morgan fingerprint density at radius 2 is 1.38 bits per heavy atom. The fourth-order valence-electron chi connectivity index (χ4n) is 4.74. The van der Waals surface area contributed by atoms with Gasteiger partial charge in [-0.3, -0.25) is 14.4 Å². The van der Waals surface area contributed by atoms with Crippen molar-refractivity contribution in [1.29, 1.82) is 0 Å². The molecule has 5 aromatic rings. The Balaban J connectivity index is 1.32. The highest BCUT2D eigenvalue weighted by atomic mass is 32.2. The molecule has 8 heteroatoms. The minimum Gasteiger partial charge on any atom is -0.497 e. The first-order valence-electron chi connectivity index (χ1n) is 15.2. The van der Waals surface area contributed by atoms with E-state index >= 15 is 0 Å². The lowest BCUT2D eigenvalue weighted by molar-refractivity contribution is -0.116. The molecule has 236 valence electrons. The van der Waals surface area contributed by atoms with Crippen molar-refractivity contribution in [2.45, 2.75) is 23.5 Å². The summed E-state index contributed by atoms with van der Waals surface area (Å²) in [5, 5.41) is 8.32. The Labute approximate surface area is 279 Å². The van der Waals surface area contributed by atoms with E-state index in [9.17, 15) is 14.4 Å². The molecule has 5 rings (SSSR count). The number of carbonyl (C=O) groups is 3. The van der Waals surface area contributed by atoms with Crippen LogP contribution < -0.4 is 20.7 Å². The molecule has 1 unspecified atom stereocenters. The molecule has 0 aromatic heterocycles. The number of amides is 3. The molecule has 0 fully saturated rings. The van der Waals surface area contributed by atoms with Crippen LogP contribution in [0.15, 0.2) is 144 Å². The first kappa shape index (κ1) is 32.8. The number of hydrogen-bond acceptors (Lipinski definition) is 5. The van der Waals surface area contributed by atoms with Gasteiger partial charge in [-0.05, 0) is 83.8 Å². The van der Waals surface area contributed by atoms with Gasteiger partial charge in [-0.2, -0.15) is 0 Å². The monoisotopic (exact) mass is 641 g/mol. The van der Waals surface area contributed by atoms with Gasteiger partial charge in [-0.15, -0.1) is 11.8 Å². The molecule has 0 aliphatic carbocycles. The Bertz CT molecular complexity index is 1840. The summed E-state index contributed by atoms with van der Waals surface area (Å²) in [6.07, 6.45) is 2.25. The van der Waals surface area contributed by atoms with Gasteiger partial charge in [0.25, 0.3) is 11.8 Å². The van der Waals surface area contributed by atoms with Gasteiger partial charge in [0.1, 0.15) is 11.4 Å². The second-order valence-electron chi connectivity index (χ2n) is 10.6. The summed E-state index contributed by atoms with van der Waals surface area (Å²) in [5.74, 6) is -0.287. The second kappa shape index (κ2) is 16.1. The standard InChI is InChI=1S/C39H35N3O4S/c1-3-36(39(45)40-31-21-23-33(46-2)24-22-31)47-34-16-10-15-32(26-34)41-38(44)35(42-37(43)30-13-8-5-9-14-30)25-27-17-19-29(20-18-27)28-11-6-4-7-12-28/h4-26,36H,3H2,1-2H3,(H,40,45)(H,41,44)(H,42,43)/b35-25+. The van der Waals surface area contributed by atoms with Crippen LogP contribution in [0.1, 0.15) is 29.3 Å². The van der Waals surface area contributed by atoms with Crippen molar-refractivity contribution in [2.24, 2.45) is 0 Å². The van der Waals surface area contributed by atoms with E-state index in [1.165, 1.54) is 11.8 Å². The average Bonchev–Trinajstić information content (AvgIpc) is 3.11. The van der Waals surface area contributed by atoms with Crippen LogP contribution in [0.3, 0.4) is 0 Å². The summed E-state index contributed by atoms with van der Waals surface area (Å²) >= 11 is 1.41. The number of anilines is 2. The maximum atomic E-state index is 13.6. The van der Waals surface area contributed by atoms with Gasteiger partial charge in [0.2, 0.25) is 5.91 Å². The molecule has 3 amide bonds. The van der Waals surface area contributed by atoms with Crippen molar-refractivity contribution in [3.8, 4) is 16.9 Å². The number of hydrogen-bond donors (Lipinski definition) is 3. The lowest BCUT2D eigenvalue weighted by Gasteiger charge is -2.16. The SMILES string of the molecule is CCC(Sc1cccc(NC(=O)/C(=C\c2ccc(-c3ccccc3)cc2)NC(=O)c2ccccc2)c1)C(=O)Nc1ccc(OC)cc1. The third-order valence-corrected chi connectivity index (χ3v) is 8.61. The molecule has 0 saturated carbocycles. The topological polar surface area (TPSA) is 96.5 Å². The van der Waals surface area contributed by atoms with E-state index in [4.69, 9.17) is 4.74 Å². The largest absolute Gasteiger partial charge is 0.497 e. The highest BCUT2D eigenvalue weighted by Gasteiger charge is 2.19. The molecule has 0 saturated heterocycles. The van der Waals surface area contributed by atoms with Crippen LogP contribution in [-0.2, 0) is 9.59 Å². The van der Waals surface area contributed by atoms with Crippen LogP contribution in [0, 0.1) is 0 Å². The minimum absolute atomic E-state index is 0.0923. The molecule has 0 heterocycles. The van der Waals surface area contributed by atoms with Crippen molar-refractivity contribution in [1.82, 2.24) is 5.32 Å². The zero-order valence-corrected chi connectivity index (χ0v) is 26.9. The minimum atomic E-state index is -0.479. The zero-order valence-electron chi connectivity index (χ0n) is 26.1. The number of thioether (sulfide) groups is 1. The highest BCUT2D eigenvalue weighted by Crippen LogP contribution is 2.29. The van der Waals surface area contributed by atoms with Crippen LogP contribution in [0.4, 0.5) is 11.4 Å². The Kier molecular flexibility index (Phi) is 11.2. The predicted octanol–water partition coefficient (Wildman–Crippen LogP) is 8.28. The first-order valence-corrected chi connectivity index (χ1v) is 16.1. The van der Waals surface area contributed by atoms with Crippen LogP contribution in [0.5, 0.6) is 5.75 Å². The Morgan fingerprint density at radius 1 is 0.723 bits per heavy atom. The summed E-state index contributed by atoms with van der Waals surface area (Å²) in [7, 11) is 1.59. The second-order valence-corrected chi connectivity index (χ2v) is 11.9. The Hall–Kier alpha value is -5.60. The fourth-order valence-corrected chi connectivity index (χ4v) is 5.75.